The van der Waals surface area contributed by atoms with E-state index >= 15 is 0 Å². The van der Waals surface area contributed by atoms with Gasteiger partial charge in [-0.05, 0) is 48.4 Å². The number of nitro groups is 1. The molecule has 0 aliphatic heterocycles. The molecule has 0 saturated carbocycles. The van der Waals surface area contributed by atoms with Crippen LogP contribution < -0.4 is 10.3 Å². The van der Waals surface area contributed by atoms with Crippen molar-refractivity contribution in [2.75, 3.05) is 0 Å². The molecule has 12 heteroatoms. The quantitative estimate of drug-likeness (QED) is 0.145. The highest BCUT2D eigenvalue weighted by Gasteiger charge is 2.21. The Bertz CT molecular complexity index is 1650. The summed E-state index contributed by atoms with van der Waals surface area (Å²) in [6.07, 6.45) is 2.52. The molecule has 38 heavy (non-hydrogen) atoms. The number of aryl methyl sites for hydroxylation is 1. The van der Waals surface area contributed by atoms with Crippen molar-refractivity contribution in [1.29, 1.82) is 0 Å². The van der Waals surface area contributed by atoms with E-state index in [2.05, 4.69) is 26.0 Å². The highest BCUT2D eigenvalue weighted by atomic mass is 79.9. The molecule has 4 aromatic rings. The van der Waals surface area contributed by atoms with Crippen LogP contribution >= 0.6 is 27.5 Å². The molecule has 194 valence electrons. The van der Waals surface area contributed by atoms with Crippen LogP contribution in [0.25, 0.3) is 10.9 Å². The number of aromatic carboxylic acids is 1. The smallest absolute Gasteiger partial charge is 0.335 e. The summed E-state index contributed by atoms with van der Waals surface area (Å²) in [6, 6.07) is 13.9. The summed E-state index contributed by atoms with van der Waals surface area (Å²) < 4.78 is 7.51. The number of rotatable bonds is 9. The first-order valence-corrected chi connectivity index (χ1v) is 12.5. The molecule has 0 radical (unpaired) electrons. The van der Waals surface area contributed by atoms with Crippen molar-refractivity contribution in [1.82, 2.24) is 9.66 Å². The van der Waals surface area contributed by atoms with Crippen LogP contribution in [0.4, 0.5) is 5.69 Å². The molecule has 0 atom stereocenters. The lowest BCUT2D eigenvalue weighted by atomic mass is 10.1. The van der Waals surface area contributed by atoms with Crippen molar-refractivity contribution in [3.8, 4) is 5.75 Å². The SMILES string of the molecule is CCCc1nc2ccc(Br)cc2c(=O)n1N=Cc1cc(Cl)c(OCc2cccc(C(=O)O)c2)c([N+](=O)[O-])c1. The summed E-state index contributed by atoms with van der Waals surface area (Å²) in [5, 5.41) is 25.6. The minimum absolute atomic E-state index is 0.0447. The highest BCUT2D eigenvalue weighted by molar-refractivity contribution is 9.10. The maximum Gasteiger partial charge on any atom is 0.335 e. The Kier molecular flexibility index (Phi) is 8.18. The minimum Gasteiger partial charge on any atom is -0.481 e. The molecule has 0 amide bonds. The Morgan fingerprint density at radius 2 is 2.05 bits per heavy atom. The molecule has 0 aliphatic carbocycles. The maximum absolute atomic E-state index is 13.2. The zero-order chi connectivity index (χ0) is 27.4. The van der Waals surface area contributed by atoms with E-state index in [-0.39, 0.29) is 34.1 Å². The molecular weight excluding hydrogens is 580 g/mol. The van der Waals surface area contributed by atoms with Crippen molar-refractivity contribution in [3.63, 3.8) is 0 Å². The molecule has 10 nitrogen and oxygen atoms in total. The second-order valence-electron chi connectivity index (χ2n) is 8.20. The standard InChI is InChI=1S/C26H20BrClN4O6/c1-2-4-23-30-21-8-7-18(27)12-19(21)25(33)31(23)29-13-16-10-20(28)24(22(11-16)32(36)37)38-14-15-5-3-6-17(9-15)26(34)35/h3,5-13H,2,4,14H2,1H3,(H,34,35). The average Bonchev–Trinajstić information content (AvgIpc) is 2.88. The van der Waals surface area contributed by atoms with E-state index < -0.39 is 16.6 Å². The summed E-state index contributed by atoms with van der Waals surface area (Å²) in [6.45, 7) is 1.81. The van der Waals surface area contributed by atoms with Crippen LogP contribution in [0.15, 0.2) is 69.0 Å². The van der Waals surface area contributed by atoms with Crippen LogP contribution in [0.2, 0.25) is 5.02 Å². The molecule has 1 heterocycles. The number of halogens is 2. The van der Waals surface area contributed by atoms with Gasteiger partial charge in [0, 0.05) is 22.5 Å². The third-order valence-corrected chi connectivity index (χ3v) is 6.25. The third-order valence-electron chi connectivity index (χ3n) is 5.47. The van der Waals surface area contributed by atoms with Gasteiger partial charge in [-0.2, -0.15) is 9.78 Å². The Morgan fingerprint density at radius 1 is 1.26 bits per heavy atom. The topological polar surface area (TPSA) is 137 Å². The lowest BCUT2D eigenvalue weighted by Gasteiger charge is -2.11. The number of nitro benzene ring substituents is 1. The normalized spacial score (nSPS) is 11.2. The summed E-state index contributed by atoms with van der Waals surface area (Å²) in [5.74, 6) is -0.821. The van der Waals surface area contributed by atoms with Crippen molar-refractivity contribution in [2.24, 2.45) is 5.10 Å². The van der Waals surface area contributed by atoms with E-state index in [9.17, 15) is 19.7 Å². The number of benzene rings is 3. The Morgan fingerprint density at radius 3 is 2.76 bits per heavy atom. The minimum atomic E-state index is -1.10. The lowest BCUT2D eigenvalue weighted by Crippen LogP contribution is -2.22. The summed E-state index contributed by atoms with van der Waals surface area (Å²) in [5.41, 5.74) is 0.591. The van der Waals surface area contributed by atoms with Gasteiger partial charge in [0.1, 0.15) is 12.4 Å². The van der Waals surface area contributed by atoms with Gasteiger partial charge in [0.25, 0.3) is 5.56 Å². The van der Waals surface area contributed by atoms with Crippen LogP contribution in [0, 0.1) is 10.1 Å². The highest BCUT2D eigenvalue weighted by Crippen LogP contribution is 2.36. The molecule has 4 rings (SSSR count). The van der Waals surface area contributed by atoms with Gasteiger partial charge >= 0.3 is 11.7 Å². The molecule has 1 N–H and O–H groups in total. The van der Waals surface area contributed by atoms with Crippen LogP contribution in [0.3, 0.4) is 0 Å². The number of hydrogen-bond donors (Lipinski definition) is 1. The molecule has 0 aliphatic rings. The van der Waals surface area contributed by atoms with Gasteiger partial charge in [0.05, 0.1) is 32.6 Å². The van der Waals surface area contributed by atoms with Crippen LogP contribution in [0.5, 0.6) is 5.75 Å². The van der Waals surface area contributed by atoms with Gasteiger partial charge in [0.2, 0.25) is 5.75 Å². The Balaban J connectivity index is 1.69. The van der Waals surface area contributed by atoms with Crippen molar-refractivity contribution >= 4 is 56.3 Å². The third kappa shape index (κ3) is 5.90. The van der Waals surface area contributed by atoms with Crippen LogP contribution in [-0.2, 0) is 13.0 Å². The molecule has 1 aromatic heterocycles. The molecular formula is C26H20BrClN4O6. The monoisotopic (exact) mass is 598 g/mol. The van der Waals surface area contributed by atoms with E-state index in [0.717, 1.165) is 10.9 Å². The van der Waals surface area contributed by atoms with E-state index in [1.807, 2.05) is 6.92 Å². The van der Waals surface area contributed by atoms with Crippen molar-refractivity contribution in [3.05, 3.63) is 107 Å². The second-order valence-corrected chi connectivity index (χ2v) is 9.53. The number of carboxylic acid groups (broad SMARTS) is 1. The van der Waals surface area contributed by atoms with Gasteiger partial charge in [0.15, 0.2) is 0 Å². The zero-order valence-corrected chi connectivity index (χ0v) is 22.3. The van der Waals surface area contributed by atoms with Crippen LogP contribution in [-0.4, -0.2) is 31.9 Å². The first kappa shape index (κ1) is 27.0. The number of aromatic nitrogens is 2. The molecule has 0 spiro atoms. The fraction of sp³-hybridized carbons (Fsp3) is 0.154. The van der Waals surface area contributed by atoms with E-state index in [1.54, 1.807) is 30.3 Å². The summed E-state index contributed by atoms with van der Waals surface area (Å²) in [7, 11) is 0. The maximum atomic E-state index is 13.2. The number of fused-ring (bicyclic) bond motifs is 1. The lowest BCUT2D eigenvalue weighted by molar-refractivity contribution is -0.385. The second kappa shape index (κ2) is 11.5. The first-order chi connectivity index (χ1) is 18.2. The van der Waals surface area contributed by atoms with Gasteiger partial charge < -0.3 is 9.84 Å². The number of nitrogens with zero attached hydrogens (tertiary/aromatic N) is 4. The number of carboxylic acids is 1. The predicted molar refractivity (Wildman–Crippen MR) is 147 cm³/mol. The van der Waals surface area contributed by atoms with E-state index in [0.29, 0.717) is 28.7 Å². The van der Waals surface area contributed by atoms with Gasteiger partial charge in [-0.1, -0.05) is 46.6 Å². The van der Waals surface area contributed by atoms with Crippen molar-refractivity contribution in [2.45, 2.75) is 26.4 Å². The predicted octanol–water partition coefficient (Wildman–Crippen LogP) is 5.83. The first-order valence-electron chi connectivity index (χ1n) is 11.4. The summed E-state index contributed by atoms with van der Waals surface area (Å²) in [4.78, 5) is 40.1. The van der Waals surface area contributed by atoms with Gasteiger partial charge in [-0.15, -0.1) is 0 Å². The van der Waals surface area contributed by atoms with Crippen molar-refractivity contribution < 1.29 is 19.6 Å². The number of hydrogen-bond acceptors (Lipinski definition) is 7. The Labute approximate surface area is 229 Å². The molecule has 0 bridgehead atoms. The largest absolute Gasteiger partial charge is 0.481 e. The van der Waals surface area contributed by atoms with E-state index in [4.69, 9.17) is 21.4 Å². The number of ether oxygens (including phenoxy) is 1. The fourth-order valence-corrected chi connectivity index (χ4v) is 4.36. The Hall–Kier alpha value is -4.09. The van der Waals surface area contributed by atoms with Crippen LogP contribution in [0.1, 0.15) is 40.7 Å². The molecule has 0 unspecified atom stereocenters. The van der Waals surface area contributed by atoms with E-state index in [1.165, 1.54) is 35.2 Å². The molecule has 0 fully saturated rings. The molecule has 3 aromatic carbocycles. The fourth-order valence-electron chi connectivity index (χ4n) is 3.73. The van der Waals surface area contributed by atoms with Gasteiger partial charge in [-0.3, -0.25) is 14.9 Å². The molecule has 0 saturated heterocycles. The average molecular weight is 600 g/mol. The summed E-state index contributed by atoms with van der Waals surface area (Å²) >= 11 is 9.70. The number of carbonyl (C=O) groups is 1. The van der Waals surface area contributed by atoms with Gasteiger partial charge in [-0.25, -0.2) is 9.78 Å². The zero-order valence-electron chi connectivity index (χ0n) is 19.9.